The second-order valence-electron chi connectivity index (χ2n) is 9.27. The number of benzene rings is 3. The molecule has 5 rings (SSSR count). The Hall–Kier alpha value is -3.25. The van der Waals surface area contributed by atoms with Crippen LogP contribution in [0.15, 0.2) is 48.8 Å². The van der Waals surface area contributed by atoms with Crippen molar-refractivity contribution in [3.05, 3.63) is 65.2 Å². The van der Waals surface area contributed by atoms with Crippen molar-refractivity contribution in [2.75, 3.05) is 31.1 Å². The zero-order chi connectivity index (χ0) is 24.7. The largest absolute Gasteiger partial charge is 0.352 e. The van der Waals surface area contributed by atoms with Crippen LogP contribution in [0, 0.1) is 5.82 Å². The molecule has 7 heteroatoms. The molecule has 0 saturated carbocycles. The molecule has 5 nitrogen and oxygen atoms in total. The van der Waals surface area contributed by atoms with Crippen LogP contribution in [0.3, 0.4) is 0 Å². The first-order valence-corrected chi connectivity index (χ1v) is 12.5. The standard InChI is InChI=1S/C28H28ClFN4O/c1-4-23(35)33-11-13-34(14-12-33)28-21-15-22(29)25(26(30)27(21)31-16-32-28)24-19(17(2)3)10-9-18-7-5-6-8-20(18)24/h5-10,15-17H,4,11-14H2,1-3H3. The summed E-state index contributed by atoms with van der Waals surface area (Å²) in [5, 5.41) is 2.92. The minimum absolute atomic E-state index is 0.145. The van der Waals surface area contributed by atoms with Crippen LogP contribution in [0.25, 0.3) is 32.8 Å². The molecular weight excluding hydrogens is 463 g/mol. The van der Waals surface area contributed by atoms with Crippen molar-refractivity contribution >= 4 is 45.0 Å². The fraction of sp³-hybridized carbons (Fsp3) is 0.321. The lowest BCUT2D eigenvalue weighted by molar-refractivity contribution is -0.131. The summed E-state index contributed by atoms with van der Waals surface area (Å²) in [5.74, 6) is 0.540. The quantitative estimate of drug-likeness (QED) is 0.331. The number of carbonyl (C=O) groups excluding carboxylic acids is 1. The smallest absolute Gasteiger partial charge is 0.222 e. The van der Waals surface area contributed by atoms with Gasteiger partial charge in [0.25, 0.3) is 0 Å². The summed E-state index contributed by atoms with van der Waals surface area (Å²) in [6, 6.07) is 13.9. The topological polar surface area (TPSA) is 49.3 Å². The van der Waals surface area contributed by atoms with E-state index in [-0.39, 0.29) is 17.3 Å². The monoisotopic (exact) mass is 490 g/mol. The lowest BCUT2D eigenvalue weighted by Crippen LogP contribution is -2.48. The van der Waals surface area contributed by atoms with E-state index in [0.717, 1.165) is 21.9 Å². The van der Waals surface area contributed by atoms with E-state index in [4.69, 9.17) is 11.6 Å². The molecular formula is C28H28ClFN4O. The number of rotatable bonds is 4. The normalized spacial score (nSPS) is 14.3. The van der Waals surface area contributed by atoms with E-state index in [2.05, 4.69) is 40.8 Å². The molecule has 1 aliphatic heterocycles. The molecule has 1 saturated heterocycles. The summed E-state index contributed by atoms with van der Waals surface area (Å²) in [7, 11) is 0. The molecule has 1 amide bonds. The van der Waals surface area contributed by atoms with Gasteiger partial charge in [0.2, 0.25) is 5.91 Å². The molecule has 1 fully saturated rings. The third-order valence-electron chi connectivity index (χ3n) is 6.87. The summed E-state index contributed by atoms with van der Waals surface area (Å²) in [4.78, 5) is 24.8. The third-order valence-corrected chi connectivity index (χ3v) is 7.17. The Bertz CT molecular complexity index is 1430. The van der Waals surface area contributed by atoms with Gasteiger partial charge < -0.3 is 9.80 Å². The van der Waals surface area contributed by atoms with Crippen LogP contribution < -0.4 is 4.90 Å². The van der Waals surface area contributed by atoms with Gasteiger partial charge in [0.05, 0.1) is 5.02 Å². The lowest BCUT2D eigenvalue weighted by Gasteiger charge is -2.35. The first-order valence-electron chi connectivity index (χ1n) is 12.1. The minimum Gasteiger partial charge on any atom is -0.352 e. The number of hydrogen-bond acceptors (Lipinski definition) is 4. The van der Waals surface area contributed by atoms with Crippen LogP contribution in [-0.2, 0) is 4.79 Å². The molecule has 0 radical (unpaired) electrons. The second kappa shape index (κ2) is 9.42. The number of anilines is 1. The summed E-state index contributed by atoms with van der Waals surface area (Å²) >= 11 is 6.85. The van der Waals surface area contributed by atoms with Gasteiger partial charge in [-0.3, -0.25) is 4.79 Å². The first-order chi connectivity index (χ1) is 16.9. The SMILES string of the molecule is CCC(=O)N1CCN(c2ncnc3c(F)c(-c4c(C(C)C)ccc5ccccc45)c(Cl)cc23)CC1. The number of fused-ring (bicyclic) bond motifs is 2. The minimum atomic E-state index is -0.436. The van der Waals surface area contributed by atoms with Crippen LogP contribution >= 0.6 is 11.6 Å². The molecule has 1 aliphatic rings. The first kappa shape index (κ1) is 23.5. The highest BCUT2D eigenvalue weighted by Crippen LogP contribution is 2.43. The highest BCUT2D eigenvalue weighted by molar-refractivity contribution is 6.35. The number of carbonyl (C=O) groups is 1. The lowest BCUT2D eigenvalue weighted by atomic mass is 9.87. The zero-order valence-electron chi connectivity index (χ0n) is 20.2. The number of nitrogens with zero attached hydrogens (tertiary/aromatic N) is 4. The van der Waals surface area contributed by atoms with Crippen molar-refractivity contribution in [3.8, 4) is 11.1 Å². The van der Waals surface area contributed by atoms with E-state index in [1.807, 2.05) is 36.1 Å². The molecule has 0 spiro atoms. The fourth-order valence-electron chi connectivity index (χ4n) is 5.04. The molecule has 2 heterocycles. The van der Waals surface area contributed by atoms with E-state index >= 15 is 4.39 Å². The molecule has 0 unspecified atom stereocenters. The number of amides is 1. The van der Waals surface area contributed by atoms with Crippen molar-refractivity contribution in [2.45, 2.75) is 33.1 Å². The van der Waals surface area contributed by atoms with Gasteiger partial charge in [-0.25, -0.2) is 14.4 Å². The van der Waals surface area contributed by atoms with Crippen LogP contribution in [0.4, 0.5) is 10.2 Å². The number of aromatic nitrogens is 2. The zero-order valence-corrected chi connectivity index (χ0v) is 20.9. The Balaban J connectivity index is 1.66. The molecule has 35 heavy (non-hydrogen) atoms. The van der Waals surface area contributed by atoms with Crippen molar-refractivity contribution in [2.24, 2.45) is 0 Å². The number of hydrogen-bond donors (Lipinski definition) is 0. The van der Waals surface area contributed by atoms with Gasteiger partial charge in [0, 0.05) is 43.5 Å². The van der Waals surface area contributed by atoms with Crippen molar-refractivity contribution in [3.63, 3.8) is 0 Å². The van der Waals surface area contributed by atoms with Gasteiger partial charge in [-0.2, -0.15) is 0 Å². The molecule has 0 atom stereocenters. The van der Waals surface area contributed by atoms with E-state index in [1.165, 1.54) is 6.33 Å². The van der Waals surface area contributed by atoms with Gasteiger partial charge in [0.15, 0.2) is 5.82 Å². The number of halogens is 2. The second-order valence-corrected chi connectivity index (χ2v) is 9.68. The van der Waals surface area contributed by atoms with Crippen LogP contribution in [-0.4, -0.2) is 47.0 Å². The van der Waals surface area contributed by atoms with Crippen molar-refractivity contribution < 1.29 is 9.18 Å². The van der Waals surface area contributed by atoms with Crippen molar-refractivity contribution in [1.82, 2.24) is 14.9 Å². The third kappa shape index (κ3) is 4.10. The summed E-state index contributed by atoms with van der Waals surface area (Å²) in [6.45, 7) is 8.54. The maximum Gasteiger partial charge on any atom is 0.222 e. The molecule has 0 aliphatic carbocycles. The highest BCUT2D eigenvalue weighted by atomic mass is 35.5. The van der Waals surface area contributed by atoms with Gasteiger partial charge >= 0.3 is 0 Å². The van der Waals surface area contributed by atoms with Gasteiger partial charge in [0.1, 0.15) is 17.7 Å². The van der Waals surface area contributed by atoms with Gasteiger partial charge in [-0.15, -0.1) is 0 Å². The predicted octanol–water partition coefficient (Wildman–Crippen LogP) is 6.42. The maximum atomic E-state index is 16.3. The highest BCUT2D eigenvalue weighted by Gasteiger charge is 2.26. The molecule has 180 valence electrons. The molecule has 3 aromatic carbocycles. The average molecular weight is 491 g/mol. The summed E-state index contributed by atoms with van der Waals surface area (Å²) < 4.78 is 16.3. The molecule has 0 N–H and O–H groups in total. The maximum absolute atomic E-state index is 16.3. The predicted molar refractivity (Wildman–Crippen MR) is 141 cm³/mol. The van der Waals surface area contributed by atoms with Crippen LogP contribution in [0.1, 0.15) is 38.7 Å². The molecule has 0 bridgehead atoms. The Morgan fingerprint density at radius 2 is 1.77 bits per heavy atom. The van der Waals surface area contributed by atoms with E-state index < -0.39 is 5.82 Å². The fourth-order valence-corrected chi connectivity index (χ4v) is 5.32. The van der Waals surface area contributed by atoms with E-state index in [1.54, 1.807) is 6.07 Å². The Kier molecular flexibility index (Phi) is 6.32. The van der Waals surface area contributed by atoms with Crippen molar-refractivity contribution in [1.29, 1.82) is 0 Å². The van der Waals surface area contributed by atoms with Crippen LogP contribution in [0.5, 0.6) is 0 Å². The Morgan fingerprint density at radius 1 is 1.03 bits per heavy atom. The van der Waals surface area contributed by atoms with Gasteiger partial charge in [-0.05, 0) is 33.9 Å². The van der Waals surface area contributed by atoms with Crippen LogP contribution in [0.2, 0.25) is 5.02 Å². The summed E-state index contributed by atoms with van der Waals surface area (Å²) in [5.41, 5.74) is 2.48. The van der Waals surface area contributed by atoms with Gasteiger partial charge in [-0.1, -0.05) is 68.8 Å². The Labute approximate surface area is 209 Å². The van der Waals surface area contributed by atoms with E-state index in [0.29, 0.717) is 54.4 Å². The Morgan fingerprint density at radius 3 is 2.49 bits per heavy atom. The van der Waals surface area contributed by atoms with E-state index in [9.17, 15) is 4.79 Å². The molecule has 1 aromatic heterocycles. The average Bonchev–Trinajstić information content (AvgIpc) is 2.88. The molecule has 4 aromatic rings. The summed E-state index contributed by atoms with van der Waals surface area (Å²) in [6.07, 6.45) is 1.90. The number of piperazine rings is 1.